The van der Waals surface area contributed by atoms with Crippen LogP contribution in [0.3, 0.4) is 0 Å². The Hall–Kier alpha value is -0.680. The summed E-state index contributed by atoms with van der Waals surface area (Å²) in [5.74, 6) is 0. The van der Waals surface area contributed by atoms with Crippen LogP contribution < -0.4 is 0 Å². The molecule has 12 heavy (non-hydrogen) atoms. The van der Waals surface area contributed by atoms with Gasteiger partial charge in [0, 0.05) is 7.11 Å². The Labute approximate surface area is 76.6 Å². The predicted octanol–water partition coefficient (Wildman–Crippen LogP) is 1.37. The van der Waals surface area contributed by atoms with E-state index in [-0.39, 0.29) is 5.60 Å². The highest BCUT2D eigenvalue weighted by atomic mass is 32.1. The number of nitrogens with zero attached hydrogens (tertiary/aromatic N) is 2. The lowest BCUT2D eigenvalue weighted by atomic mass is 10.1. The Morgan fingerprint density at radius 2 is 2.42 bits per heavy atom. The monoisotopic (exact) mass is 187 g/mol. The molecule has 1 aromatic rings. The van der Waals surface area contributed by atoms with Crippen LogP contribution in [0, 0.1) is 4.77 Å². The van der Waals surface area contributed by atoms with Gasteiger partial charge in [-0.25, -0.2) is 0 Å². The van der Waals surface area contributed by atoms with Crippen molar-refractivity contribution < 1.29 is 4.74 Å². The highest BCUT2D eigenvalue weighted by molar-refractivity contribution is 7.71. The van der Waals surface area contributed by atoms with Crippen LogP contribution >= 0.6 is 12.2 Å². The first-order valence-electron chi connectivity index (χ1n) is 3.70. The third-order valence-corrected chi connectivity index (χ3v) is 2.05. The first-order valence-corrected chi connectivity index (χ1v) is 4.11. The molecular weight excluding hydrogens is 174 g/mol. The highest BCUT2D eigenvalue weighted by Crippen LogP contribution is 2.10. The topological polar surface area (TPSA) is 42.8 Å². The molecule has 4 nitrogen and oxygen atoms in total. The van der Waals surface area contributed by atoms with Crippen molar-refractivity contribution in [3.05, 3.63) is 11.1 Å². The minimum atomic E-state index is -0.206. The van der Waals surface area contributed by atoms with Gasteiger partial charge >= 0.3 is 0 Å². The van der Waals surface area contributed by atoms with E-state index in [0.717, 1.165) is 0 Å². The largest absolute Gasteiger partial charge is 0.377 e. The number of aromatic amines is 1. The second kappa shape index (κ2) is 3.37. The number of nitrogens with one attached hydrogen (secondary N) is 1. The molecule has 0 saturated heterocycles. The van der Waals surface area contributed by atoms with E-state index in [9.17, 15) is 0 Å². The molecule has 1 heterocycles. The van der Waals surface area contributed by atoms with Crippen LogP contribution in [-0.4, -0.2) is 27.5 Å². The molecule has 0 bridgehead atoms. The lowest BCUT2D eigenvalue weighted by Crippen LogP contribution is -2.28. The zero-order valence-corrected chi connectivity index (χ0v) is 8.31. The van der Waals surface area contributed by atoms with Gasteiger partial charge in [-0.3, -0.25) is 5.10 Å². The van der Waals surface area contributed by atoms with Crippen molar-refractivity contribution in [2.75, 3.05) is 7.11 Å². The van der Waals surface area contributed by atoms with Gasteiger partial charge in [-0.15, -0.1) is 0 Å². The first kappa shape index (κ1) is 9.41. The molecule has 0 aliphatic rings. The minimum absolute atomic E-state index is 0.206. The number of H-pyrrole nitrogens is 1. The fourth-order valence-electron chi connectivity index (χ4n) is 0.858. The third kappa shape index (κ3) is 2.15. The molecule has 0 radical (unpaired) electrons. The van der Waals surface area contributed by atoms with Gasteiger partial charge in [0.2, 0.25) is 0 Å². The fourth-order valence-corrected chi connectivity index (χ4v) is 1.02. The number of ether oxygens (including phenoxy) is 1. The summed E-state index contributed by atoms with van der Waals surface area (Å²) in [5, 5.41) is 6.51. The Morgan fingerprint density at radius 3 is 2.83 bits per heavy atom. The van der Waals surface area contributed by atoms with Crippen molar-refractivity contribution in [1.82, 2.24) is 14.8 Å². The molecule has 0 saturated carbocycles. The zero-order valence-electron chi connectivity index (χ0n) is 7.50. The van der Waals surface area contributed by atoms with E-state index < -0.39 is 0 Å². The van der Waals surface area contributed by atoms with Gasteiger partial charge in [0.25, 0.3) is 0 Å². The van der Waals surface area contributed by atoms with E-state index in [0.29, 0.717) is 11.3 Å². The maximum absolute atomic E-state index is 5.26. The van der Waals surface area contributed by atoms with E-state index in [2.05, 4.69) is 10.2 Å². The molecule has 1 rings (SSSR count). The van der Waals surface area contributed by atoms with Gasteiger partial charge in [0.05, 0.1) is 12.1 Å². The fraction of sp³-hybridized carbons (Fsp3) is 0.714. The van der Waals surface area contributed by atoms with E-state index in [1.54, 1.807) is 13.4 Å². The van der Waals surface area contributed by atoms with E-state index >= 15 is 0 Å². The average molecular weight is 187 g/mol. The van der Waals surface area contributed by atoms with Crippen molar-refractivity contribution in [3.63, 3.8) is 0 Å². The predicted molar refractivity (Wildman–Crippen MR) is 48.5 cm³/mol. The smallest absolute Gasteiger partial charge is 0.195 e. The molecule has 0 aliphatic carbocycles. The Bertz CT molecular complexity index is 302. The Morgan fingerprint density at radius 1 is 1.75 bits per heavy atom. The molecule has 0 aliphatic heterocycles. The number of rotatable bonds is 3. The lowest BCUT2D eigenvalue weighted by molar-refractivity contribution is 0.00778. The summed E-state index contributed by atoms with van der Waals surface area (Å²) in [6.45, 7) is 4.71. The highest BCUT2D eigenvalue weighted by Gasteiger charge is 2.17. The molecule has 0 fully saturated rings. The zero-order chi connectivity index (χ0) is 9.19. The average Bonchev–Trinajstić information content (AvgIpc) is 2.36. The van der Waals surface area contributed by atoms with E-state index in [1.807, 2.05) is 18.4 Å². The number of hydrogen-bond donors (Lipinski definition) is 1. The van der Waals surface area contributed by atoms with Gasteiger partial charge in [-0.05, 0) is 26.1 Å². The summed E-state index contributed by atoms with van der Waals surface area (Å²) in [6.07, 6.45) is 1.67. The molecule has 68 valence electrons. The third-order valence-electron chi connectivity index (χ3n) is 1.72. The second-order valence-electron chi connectivity index (χ2n) is 3.25. The van der Waals surface area contributed by atoms with Crippen LogP contribution in [0.15, 0.2) is 6.33 Å². The molecule has 0 spiro atoms. The van der Waals surface area contributed by atoms with Crippen molar-refractivity contribution >= 4 is 12.2 Å². The quantitative estimate of drug-likeness (QED) is 0.727. The van der Waals surface area contributed by atoms with Crippen molar-refractivity contribution in [3.8, 4) is 0 Å². The molecule has 0 atom stereocenters. The molecule has 0 amide bonds. The molecule has 1 N–H and O–H groups in total. The summed E-state index contributed by atoms with van der Waals surface area (Å²) < 4.78 is 7.73. The summed E-state index contributed by atoms with van der Waals surface area (Å²) >= 11 is 4.99. The Balaban J connectivity index is 2.77. The van der Waals surface area contributed by atoms with Crippen LogP contribution in [0.2, 0.25) is 0 Å². The number of aromatic nitrogens is 3. The van der Waals surface area contributed by atoms with Crippen molar-refractivity contribution in [2.24, 2.45) is 0 Å². The number of hydrogen-bond acceptors (Lipinski definition) is 3. The lowest BCUT2D eigenvalue weighted by Gasteiger charge is -2.22. The summed E-state index contributed by atoms with van der Waals surface area (Å²) in [4.78, 5) is 0. The molecule has 1 aromatic heterocycles. The van der Waals surface area contributed by atoms with Gasteiger partial charge in [0.15, 0.2) is 4.77 Å². The SMILES string of the molecule is COC(C)(C)Cn1cn[nH]c1=S. The van der Waals surface area contributed by atoms with Crippen molar-refractivity contribution in [2.45, 2.75) is 26.0 Å². The summed E-state index contributed by atoms with van der Waals surface area (Å²) in [7, 11) is 1.68. The normalized spacial score (nSPS) is 11.9. The van der Waals surface area contributed by atoms with Crippen LogP contribution in [0.25, 0.3) is 0 Å². The summed E-state index contributed by atoms with van der Waals surface area (Å²) in [5.41, 5.74) is -0.206. The first-order chi connectivity index (χ1) is 5.55. The van der Waals surface area contributed by atoms with E-state index in [4.69, 9.17) is 17.0 Å². The van der Waals surface area contributed by atoms with Gasteiger partial charge in [0.1, 0.15) is 6.33 Å². The molecular formula is C7H13N3OS. The molecule has 0 aromatic carbocycles. The molecule has 5 heteroatoms. The molecule has 0 unspecified atom stereocenters. The minimum Gasteiger partial charge on any atom is -0.377 e. The van der Waals surface area contributed by atoms with Crippen LogP contribution in [-0.2, 0) is 11.3 Å². The second-order valence-corrected chi connectivity index (χ2v) is 3.64. The van der Waals surface area contributed by atoms with Crippen molar-refractivity contribution in [1.29, 1.82) is 0 Å². The maximum atomic E-state index is 5.26. The van der Waals surface area contributed by atoms with Gasteiger partial charge < -0.3 is 9.30 Å². The van der Waals surface area contributed by atoms with Gasteiger partial charge in [-0.2, -0.15) is 5.10 Å². The van der Waals surface area contributed by atoms with Crippen LogP contribution in [0.1, 0.15) is 13.8 Å². The van der Waals surface area contributed by atoms with Crippen LogP contribution in [0.4, 0.5) is 0 Å². The summed E-state index contributed by atoms with van der Waals surface area (Å²) in [6, 6.07) is 0. The van der Waals surface area contributed by atoms with Gasteiger partial charge in [-0.1, -0.05) is 0 Å². The van der Waals surface area contributed by atoms with E-state index in [1.165, 1.54) is 0 Å². The number of methoxy groups -OCH3 is 1. The van der Waals surface area contributed by atoms with Crippen LogP contribution in [0.5, 0.6) is 0 Å². The Kier molecular flexibility index (Phi) is 2.64. The maximum Gasteiger partial charge on any atom is 0.195 e. The standard InChI is InChI=1S/C7H13N3OS/c1-7(2,11-3)4-10-5-8-9-6(10)12/h5H,4H2,1-3H3,(H,9,12).